The zero-order valence-corrected chi connectivity index (χ0v) is 10.1. The molecule has 2 heterocycles. The van der Waals surface area contributed by atoms with E-state index in [1.54, 1.807) is 0 Å². The van der Waals surface area contributed by atoms with E-state index in [9.17, 15) is 0 Å². The Morgan fingerprint density at radius 3 is 3.12 bits per heavy atom. The highest BCUT2D eigenvalue weighted by Gasteiger charge is 2.23. The van der Waals surface area contributed by atoms with E-state index in [4.69, 9.17) is 4.74 Å². The molecule has 0 bridgehead atoms. The lowest BCUT2D eigenvalue weighted by Gasteiger charge is -2.14. The van der Waals surface area contributed by atoms with Crippen molar-refractivity contribution < 1.29 is 4.74 Å². The minimum Gasteiger partial charge on any atom is -0.376 e. The lowest BCUT2D eigenvalue weighted by molar-refractivity contribution is 0.0685. The molecule has 2 unspecified atom stereocenters. The number of fused-ring (bicyclic) bond motifs is 1. The summed E-state index contributed by atoms with van der Waals surface area (Å²) in [5.41, 5.74) is 1.49. The van der Waals surface area contributed by atoms with Crippen LogP contribution in [0.1, 0.15) is 12.0 Å². The van der Waals surface area contributed by atoms with E-state index < -0.39 is 0 Å². The first-order valence-corrected chi connectivity index (χ1v) is 6.86. The van der Waals surface area contributed by atoms with Crippen molar-refractivity contribution in [1.82, 2.24) is 5.32 Å². The molecule has 1 aromatic carbocycles. The molecule has 1 saturated heterocycles. The summed E-state index contributed by atoms with van der Waals surface area (Å²) < 4.78 is 5.93. The normalized spacial score (nSPS) is 28.2. The van der Waals surface area contributed by atoms with Crippen molar-refractivity contribution in [2.45, 2.75) is 29.1 Å². The van der Waals surface area contributed by atoms with Crippen LogP contribution >= 0.6 is 11.8 Å². The van der Waals surface area contributed by atoms with Crippen LogP contribution in [-0.2, 0) is 11.2 Å². The fraction of sp³-hybridized carbons (Fsp3) is 0.538. The third-order valence-corrected chi connectivity index (χ3v) is 4.54. The molecule has 1 N–H and O–H groups in total. The Morgan fingerprint density at radius 2 is 2.31 bits per heavy atom. The lowest BCUT2D eigenvalue weighted by Crippen LogP contribution is -2.21. The van der Waals surface area contributed by atoms with Crippen LogP contribution in [0.2, 0.25) is 0 Å². The largest absolute Gasteiger partial charge is 0.376 e. The van der Waals surface area contributed by atoms with Gasteiger partial charge < -0.3 is 10.1 Å². The molecule has 0 radical (unpaired) electrons. The molecule has 3 heteroatoms. The molecule has 16 heavy (non-hydrogen) atoms. The predicted octanol–water partition coefficient (Wildman–Crippen LogP) is 2.08. The van der Waals surface area contributed by atoms with Gasteiger partial charge in [-0.2, -0.15) is 0 Å². The Labute approximate surface area is 101 Å². The van der Waals surface area contributed by atoms with Crippen LogP contribution in [0.25, 0.3) is 0 Å². The van der Waals surface area contributed by atoms with Crippen molar-refractivity contribution in [2.75, 3.05) is 19.7 Å². The summed E-state index contributed by atoms with van der Waals surface area (Å²) in [4.78, 5) is 1.45. The number of benzene rings is 1. The first-order chi connectivity index (χ1) is 7.92. The number of hydrogen-bond donors (Lipinski definition) is 1. The van der Waals surface area contributed by atoms with Crippen molar-refractivity contribution >= 4 is 11.8 Å². The molecule has 2 aliphatic rings. The highest BCUT2D eigenvalue weighted by atomic mass is 32.2. The van der Waals surface area contributed by atoms with Crippen molar-refractivity contribution in [3.63, 3.8) is 0 Å². The zero-order valence-electron chi connectivity index (χ0n) is 9.32. The van der Waals surface area contributed by atoms with Gasteiger partial charge in [0.05, 0.1) is 12.7 Å². The number of ether oxygens (including phenoxy) is 1. The monoisotopic (exact) mass is 235 g/mol. The fourth-order valence-corrected chi connectivity index (χ4v) is 3.59. The summed E-state index contributed by atoms with van der Waals surface area (Å²) in [6.07, 6.45) is 2.79. The van der Waals surface area contributed by atoms with E-state index >= 15 is 0 Å². The summed E-state index contributed by atoms with van der Waals surface area (Å²) in [5, 5.41) is 3.96. The van der Waals surface area contributed by atoms with Gasteiger partial charge in [0.25, 0.3) is 0 Å². The summed E-state index contributed by atoms with van der Waals surface area (Å²) >= 11 is 1.97. The molecule has 0 saturated carbocycles. The molecular weight excluding hydrogens is 218 g/mol. The minimum atomic E-state index is 0.448. The van der Waals surface area contributed by atoms with Crippen LogP contribution in [0.4, 0.5) is 0 Å². The third kappa shape index (κ3) is 2.26. The van der Waals surface area contributed by atoms with Crippen molar-refractivity contribution in [3.05, 3.63) is 29.8 Å². The van der Waals surface area contributed by atoms with Gasteiger partial charge in [0.15, 0.2) is 0 Å². The number of thioether (sulfide) groups is 1. The topological polar surface area (TPSA) is 21.3 Å². The van der Waals surface area contributed by atoms with Crippen molar-refractivity contribution in [1.29, 1.82) is 0 Å². The molecule has 1 fully saturated rings. The molecule has 1 aromatic rings. The number of rotatable bonds is 3. The molecule has 2 nitrogen and oxygen atoms in total. The molecule has 0 aromatic heterocycles. The third-order valence-electron chi connectivity index (χ3n) is 3.25. The maximum Gasteiger partial charge on any atom is 0.0712 e. The maximum atomic E-state index is 5.93. The van der Waals surface area contributed by atoms with Gasteiger partial charge in [-0.1, -0.05) is 18.2 Å². The van der Waals surface area contributed by atoms with Gasteiger partial charge in [-0.15, -0.1) is 11.8 Å². The van der Waals surface area contributed by atoms with Gasteiger partial charge in [-0.05, 0) is 31.0 Å². The van der Waals surface area contributed by atoms with Crippen molar-refractivity contribution in [2.24, 2.45) is 0 Å². The quantitative estimate of drug-likeness (QED) is 0.866. The summed E-state index contributed by atoms with van der Waals surface area (Å²) in [6.45, 7) is 3.04. The standard InChI is InChI=1S/C13H17NOS/c1-2-4-13-10(3-1)7-12(16-13)9-15-11-5-6-14-8-11/h1-4,11-12,14H,5-9H2. The Balaban J connectivity index is 1.52. The molecule has 86 valence electrons. The Bertz CT molecular complexity index is 338. The van der Waals surface area contributed by atoms with Crippen molar-refractivity contribution in [3.8, 4) is 0 Å². The summed E-state index contributed by atoms with van der Waals surface area (Å²) in [6, 6.07) is 8.70. The Kier molecular flexibility index (Phi) is 3.18. The van der Waals surface area contributed by atoms with Crippen LogP contribution in [0, 0.1) is 0 Å². The first-order valence-electron chi connectivity index (χ1n) is 5.99. The average molecular weight is 235 g/mol. The number of hydrogen-bond acceptors (Lipinski definition) is 3. The molecule has 2 aliphatic heterocycles. The molecule has 2 atom stereocenters. The second kappa shape index (κ2) is 4.78. The van der Waals surface area contributed by atoms with Gasteiger partial charge in [0.2, 0.25) is 0 Å². The van der Waals surface area contributed by atoms with Crippen LogP contribution < -0.4 is 5.32 Å². The van der Waals surface area contributed by atoms with E-state index in [-0.39, 0.29) is 0 Å². The van der Waals surface area contributed by atoms with E-state index in [1.165, 1.54) is 23.3 Å². The van der Waals surface area contributed by atoms with Crippen LogP contribution in [0.5, 0.6) is 0 Å². The second-order valence-electron chi connectivity index (χ2n) is 4.50. The summed E-state index contributed by atoms with van der Waals surface area (Å²) in [7, 11) is 0. The predicted molar refractivity (Wildman–Crippen MR) is 67.0 cm³/mol. The zero-order chi connectivity index (χ0) is 10.8. The molecule has 0 spiro atoms. The number of nitrogens with one attached hydrogen (secondary N) is 1. The minimum absolute atomic E-state index is 0.448. The molecular formula is C13H17NOS. The molecule has 3 rings (SSSR count). The second-order valence-corrected chi connectivity index (χ2v) is 5.84. The summed E-state index contributed by atoms with van der Waals surface area (Å²) in [5.74, 6) is 0. The highest BCUT2D eigenvalue weighted by molar-refractivity contribution is 8.00. The highest BCUT2D eigenvalue weighted by Crippen LogP contribution is 2.36. The maximum absolute atomic E-state index is 5.93. The molecule has 0 aliphatic carbocycles. The molecule has 0 amide bonds. The first kappa shape index (κ1) is 10.6. The van der Waals surface area contributed by atoms with E-state index in [0.717, 1.165) is 19.7 Å². The van der Waals surface area contributed by atoms with E-state index in [0.29, 0.717) is 11.4 Å². The average Bonchev–Trinajstić information content (AvgIpc) is 2.95. The van der Waals surface area contributed by atoms with Crippen LogP contribution in [0.3, 0.4) is 0 Å². The van der Waals surface area contributed by atoms with Crippen LogP contribution in [-0.4, -0.2) is 31.1 Å². The van der Waals surface area contributed by atoms with Gasteiger partial charge in [0.1, 0.15) is 0 Å². The van der Waals surface area contributed by atoms with Gasteiger partial charge >= 0.3 is 0 Å². The smallest absolute Gasteiger partial charge is 0.0712 e. The lowest BCUT2D eigenvalue weighted by atomic mass is 10.1. The van der Waals surface area contributed by atoms with E-state index in [1.807, 2.05) is 11.8 Å². The SMILES string of the molecule is c1ccc2c(c1)CC(COC1CCNC1)S2. The Hall–Kier alpha value is -0.510. The Morgan fingerprint density at radius 1 is 1.38 bits per heavy atom. The van der Waals surface area contributed by atoms with E-state index in [2.05, 4.69) is 29.6 Å². The van der Waals surface area contributed by atoms with Crippen LogP contribution in [0.15, 0.2) is 29.2 Å². The van der Waals surface area contributed by atoms with Gasteiger partial charge in [-0.3, -0.25) is 0 Å². The van der Waals surface area contributed by atoms with Gasteiger partial charge in [-0.25, -0.2) is 0 Å². The van der Waals surface area contributed by atoms with Gasteiger partial charge in [0, 0.05) is 16.7 Å². The fourth-order valence-electron chi connectivity index (χ4n) is 2.36.